The summed E-state index contributed by atoms with van der Waals surface area (Å²) in [5.74, 6) is -0.603. The smallest absolute Gasteiger partial charge is 0.387 e. The van der Waals surface area contributed by atoms with Crippen LogP contribution >= 0.6 is 24.0 Å². The minimum Gasteiger partial charge on any atom is -0.434 e. The molecular formula is C12H16Cl2F2N2O2. The van der Waals surface area contributed by atoms with Crippen LogP contribution in [-0.2, 0) is 0 Å². The van der Waals surface area contributed by atoms with Gasteiger partial charge in [-0.05, 0) is 25.2 Å². The summed E-state index contributed by atoms with van der Waals surface area (Å²) in [4.78, 5) is 13.5. The Morgan fingerprint density at radius 1 is 1.50 bits per heavy atom. The van der Waals surface area contributed by atoms with E-state index in [0.717, 1.165) is 0 Å². The third-order valence-corrected chi connectivity index (χ3v) is 2.67. The standard InChI is InChI=1S/C12H15ClF2N2O2.ClH/c1-16-5-6-17(2)11(18)9-7-8(13)3-4-10(9)19-12(14)15;/h3-4,7,12,16H,5-6H2,1-2H3;1H. The first kappa shape index (κ1) is 18.9. The van der Waals surface area contributed by atoms with Gasteiger partial charge in [0.25, 0.3) is 5.91 Å². The van der Waals surface area contributed by atoms with E-state index >= 15 is 0 Å². The highest BCUT2D eigenvalue weighted by Gasteiger charge is 2.19. The molecule has 0 heterocycles. The molecule has 8 heteroatoms. The zero-order valence-electron chi connectivity index (χ0n) is 11.0. The van der Waals surface area contributed by atoms with Gasteiger partial charge in [-0.15, -0.1) is 12.4 Å². The third-order valence-electron chi connectivity index (χ3n) is 2.43. The number of nitrogens with zero attached hydrogens (tertiary/aromatic N) is 1. The van der Waals surface area contributed by atoms with Gasteiger partial charge in [0.1, 0.15) is 5.75 Å². The first-order valence-electron chi connectivity index (χ1n) is 5.60. The molecule has 0 spiro atoms. The number of alkyl halides is 2. The Morgan fingerprint density at radius 3 is 2.70 bits per heavy atom. The van der Waals surface area contributed by atoms with Gasteiger partial charge in [-0.2, -0.15) is 8.78 Å². The second kappa shape index (κ2) is 8.94. The molecule has 114 valence electrons. The van der Waals surface area contributed by atoms with Crippen LogP contribution in [0.3, 0.4) is 0 Å². The highest BCUT2D eigenvalue weighted by molar-refractivity contribution is 6.31. The van der Waals surface area contributed by atoms with Crippen molar-refractivity contribution in [2.24, 2.45) is 0 Å². The van der Waals surface area contributed by atoms with Crippen LogP contribution in [0, 0.1) is 0 Å². The predicted molar refractivity (Wildman–Crippen MR) is 76.2 cm³/mol. The third kappa shape index (κ3) is 5.48. The van der Waals surface area contributed by atoms with Crippen molar-refractivity contribution in [3.05, 3.63) is 28.8 Å². The van der Waals surface area contributed by atoms with E-state index in [1.54, 1.807) is 14.1 Å². The molecule has 0 aliphatic carbocycles. The van der Waals surface area contributed by atoms with Gasteiger partial charge in [0.15, 0.2) is 0 Å². The Hall–Kier alpha value is -1.11. The molecular weight excluding hydrogens is 313 g/mol. The van der Waals surface area contributed by atoms with Crippen molar-refractivity contribution in [2.75, 3.05) is 27.2 Å². The van der Waals surface area contributed by atoms with Crippen LogP contribution in [0.4, 0.5) is 8.78 Å². The molecule has 0 aliphatic rings. The van der Waals surface area contributed by atoms with Gasteiger partial charge in [0.05, 0.1) is 5.56 Å². The average Bonchev–Trinajstić information content (AvgIpc) is 2.36. The van der Waals surface area contributed by atoms with Gasteiger partial charge >= 0.3 is 6.61 Å². The second-order valence-corrected chi connectivity index (χ2v) is 4.29. The zero-order valence-corrected chi connectivity index (χ0v) is 12.6. The fraction of sp³-hybridized carbons (Fsp3) is 0.417. The molecule has 0 radical (unpaired) electrons. The summed E-state index contributed by atoms with van der Waals surface area (Å²) in [6.07, 6.45) is 0. The Kier molecular flexibility index (Phi) is 8.45. The monoisotopic (exact) mass is 328 g/mol. The zero-order chi connectivity index (χ0) is 14.4. The highest BCUT2D eigenvalue weighted by Crippen LogP contribution is 2.25. The molecule has 0 aliphatic heterocycles. The molecule has 0 saturated carbocycles. The van der Waals surface area contributed by atoms with Crippen LogP contribution in [0.25, 0.3) is 0 Å². The van der Waals surface area contributed by atoms with Gasteiger partial charge in [0, 0.05) is 25.2 Å². The number of carbonyl (C=O) groups is 1. The molecule has 1 aromatic rings. The number of nitrogens with one attached hydrogen (secondary N) is 1. The van der Waals surface area contributed by atoms with E-state index in [1.165, 1.54) is 23.1 Å². The number of hydrogen-bond donors (Lipinski definition) is 1. The molecule has 0 unspecified atom stereocenters. The van der Waals surface area contributed by atoms with Gasteiger partial charge in [-0.3, -0.25) is 4.79 Å². The molecule has 0 fully saturated rings. The van der Waals surface area contributed by atoms with Crippen molar-refractivity contribution in [2.45, 2.75) is 6.61 Å². The van der Waals surface area contributed by atoms with Crippen molar-refractivity contribution in [1.29, 1.82) is 0 Å². The Bertz CT molecular complexity index is 447. The number of halogens is 4. The number of likely N-dealkylation sites (N-methyl/N-ethyl adjacent to an activating group) is 2. The maximum absolute atomic E-state index is 12.3. The summed E-state index contributed by atoms with van der Waals surface area (Å²) < 4.78 is 28.9. The minimum absolute atomic E-state index is 0. The van der Waals surface area contributed by atoms with Crippen LogP contribution in [0.1, 0.15) is 10.4 Å². The van der Waals surface area contributed by atoms with Crippen molar-refractivity contribution in [1.82, 2.24) is 10.2 Å². The fourth-order valence-corrected chi connectivity index (χ4v) is 1.63. The van der Waals surface area contributed by atoms with E-state index in [2.05, 4.69) is 10.1 Å². The summed E-state index contributed by atoms with van der Waals surface area (Å²) in [7, 11) is 3.33. The van der Waals surface area contributed by atoms with E-state index in [9.17, 15) is 13.6 Å². The van der Waals surface area contributed by atoms with E-state index in [1.807, 2.05) is 0 Å². The Labute approximate surface area is 127 Å². The number of rotatable bonds is 6. The van der Waals surface area contributed by atoms with Crippen molar-refractivity contribution in [3.8, 4) is 5.75 Å². The second-order valence-electron chi connectivity index (χ2n) is 3.85. The number of carbonyl (C=O) groups excluding carboxylic acids is 1. The van der Waals surface area contributed by atoms with Crippen molar-refractivity contribution in [3.63, 3.8) is 0 Å². The number of ether oxygens (including phenoxy) is 1. The van der Waals surface area contributed by atoms with Gasteiger partial charge in [-0.25, -0.2) is 0 Å². The van der Waals surface area contributed by atoms with Crippen LogP contribution in [0.5, 0.6) is 5.75 Å². The van der Waals surface area contributed by atoms with Gasteiger partial charge < -0.3 is 15.0 Å². The lowest BCUT2D eigenvalue weighted by Gasteiger charge is -2.19. The molecule has 20 heavy (non-hydrogen) atoms. The summed E-state index contributed by atoms with van der Waals surface area (Å²) in [6, 6.07) is 3.97. The summed E-state index contributed by atoms with van der Waals surface area (Å²) in [5, 5.41) is 3.18. The summed E-state index contributed by atoms with van der Waals surface area (Å²) in [5.41, 5.74) is 0.0198. The van der Waals surface area contributed by atoms with Crippen LogP contribution in [-0.4, -0.2) is 44.6 Å². The number of benzene rings is 1. The highest BCUT2D eigenvalue weighted by atomic mass is 35.5. The minimum atomic E-state index is -2.99. The normalized spacial score (nSPS) is 10.1. The molecule has 1 amide bonds. The maximum Gasteiger partial charge on any atom is 0.387 e. The molecule has 0 aromatic heterocycles. The molecule has 0 atom stereocenters. The first-order valence-corrected chi connectivity index (χ1v) is 5.98. The predicted octanol–water partition coefficient (Wildman–Crippen LogP) is 2.65. The average molecular weight is 329 g/mol. The lowest BCUT2D eigenvalue weighted by atomic mass is 10.1. The van der Waals surface area contributed by atoms with Crippen molar-refractivity contribution >= 4 is 29.9 Å². The van der Waals surface area contributed by atoms with E-state index in [-0.39, 0.29) is 28.7 Å². The fourth-order valence-electron chi connectivity index (χ4n) is 1.45. The van der Waals surface area contributed by atoms with E-state index in [4.69, 9.17) is 11.6 Å². The van der Waals surface area contributed by atoms with E-state index < -0.39 is 12.5 Å². The number of hydrogen-bond acceptors (Lipinski definition) is 3. The molecule has 1 rings (SSSR count). The first-order chi connectivity index (χ1) is 8.95. The number of amides is 1. The van der Waals surface area contributed by atoms with Crippen LogP contribution < -0.4 is 10.1 Å². The lowest BCUT2D eigenvalue weighted by Crippen LogP contribution is -2.33. The largest absolute Gasteiger partial charge is 0.434 e. The Balaban J connectivity index is 0.00000361. The molecule has 4 nitrogen and oxygen atoms in total. The van der Waals surface area contributed by atoms with Crippen LogP contribution in [0.2, 0.25) is 5.02 Å². The van der Waals surface area contributed by atoms with Crippen LogP contribution in [0.15, 0.2) is 18.2 Å². The molecule has 1 N–H and O–H groups in total. The van der Waals surface area contributed by atoms with Gasteiger partial charge in [0.2, 0.25) is 0 Å². The lowest BCUT2D eigenvalue weighted by molar-refractivity contribution is -0.0502. The SMILES string of the molecule is CNCCN(C)C(=O)c1cc(Cl)ccc1OC(F)F.Cl. The maximum atomic E-state index is 12.3. The molecule has 0 bridgehead atoms. The molecule has 1 aromatic carbocycles. The van der Waals surface area contributed by atoms with E-state index in [0.29, 0.717) is 13.1 Å². The summed E-state index contributed by atoms with van der Waals surface area (Å²) in [6.45, 7) is -1.96. The van der Waals surface area contributed by atoms with Crippen molar-refractivity contribution < 1.29 is 18.3 Å². The Morgan fingerprint density at radius 2 is 2.15 bits per heavy atom. The van der Waals surface area contributed by atoms with Gasteiger partial charge in [-0.1, -0.05) is 11.6 Å². The summed E-state index contributed by atoms with van der Waals surface area (Å²) >= 11 is 5.78. The molecule has 0 saturated heterocycles. The quantitative estimate of drug-likeness (QED) is 0.872. The topological polar surface area (TPSA) is 41.6 Å².